The highest BCUT2D eigenvalue weighted by atomic mass is 14.7. The topological polar surface area (TPSA) is 12.4 Å². The first-order valence-electron chi connectivity index (χ1n) is 3.62. The third-order valence-corrected chi connectivity index (χ3v) is 1.85. The normalized spacial score (nSPS) is 14.7. The van der Waals surface area contributed by atoms with Crippen molar-refractivity contribution in [3.05, 3.63) is 12.2 Å². The highest BCUT2D eigenvalue weighted by Gasteiger charge is 2.15. The van der Waals surface area contributed by atoms with Crippen molar-refractivity contribution >= 4 is 5.71 Å². The van der Waals surface area contributed by atoms with Crippen molar-refractivity contribution in [2.75, 3.05) is 7.05 Å². The van der Waals surface area contributed by atoms with Crippen molar-refractivity contribution in [3.63, 3.8) is 0 Å². The number of hydrogen-bond acceptors (Lipinski definition) is 1. The zero-order chi connectivity index (χ0) is 8.20. The van der Waals surface area contributed by atoms with E-state index in [1.165, 1.54) is 5.71 Å². The van der Waals surface area contributed by atoms with E-state index in [1.54, 1.807) is 0 Å². The minimum atomic E-state index is 0.128. The van der Waals surface area contributed by atoms with E-state index < -0.39 is 0 Å². The molecule has 0 unspecified atom stereocenters. The molecular weight excluding hydrogens is 122 g/mol. The van der Waals surface area contributed by atoms with Crippen molar-refractivity contribution in [1.82, 2.24) is 0 Å². The van der Waals surface area contributed by atoms with Crippen LogP contribution in [0, 0.1) is 5.41 Å². The van der Waals surface area contributed by atoms with E-state index in [9.17, 15) is 0 Å². The first kappa shape index (κ1) is 9.41. The van der Waals surface area contributed by atoms with Crippen molar-refractivity contribution in [2.24, 2.45) is 10.4 Å². The Morgan fingerprint density at radius 3 is 2.20 bits per heavy atom. The van der Waals surface area contributed by atoms with Crippen LogP contribution in [0.3, 0.4) is 0 Å². The number of rotatable bonds is 2. The molecule has 58 valence electrons. The maximum absolute atomic E-state index is 4.14. The monoisotopic (exact) mass is 139 g/mol. The summed E-state index contributed by atoms with van der Waals surface area (Å²) in [5.74, 6) is 0. The molecule has 0 aromatic carbocycles. The zero-order valence-electron chi connectivity index (χ0n) is 7.60. The summed E-state index contributed by atoms with van der Waals surface area (Å²) in [6.07, 6.45) is 4.23. The van der Waals surface area contributed by atoms with Gasteiger partial charge in [0.15, 0.2) is 0 Å². The van der Waals surface area contributed by atoms with Crippen LogP contribution in [-0.2, 0) is 0 Å². The quantitative estimate of drug-likeness (QED) is 0.412. The van der Waals surface area contributed by atoms with E-state index in [0.717, 1.165) is 0 Å². The second kappa shape index (κ2) is 3.55. The molecule has 0 saturated carbocycles. The molecule has 1 nitrogen and oxygen atoms in total. The number of hydrogen-bond donors (Lipinski definition) is 0. The molecule has 10 heavy (non-hydrogen) atoms. The Morgan fingerprint density at radius 2 is 1.90 bits per heavy atom. The van der Waals surface area contributed by atoms with E-state index in [1.807, 2.05) is 14.0 Å². The van der Waals surface area contributed by atoms with Crippen molar-refractivity contribution in [1.29, 1.82) is 0 Å². The van der Waals surface area contributed by atoms with Crippen molar-refractivity contribution in [3.8, 4) is 0 Å². The van der Waals surface area contributed by atoms with E-state index in [4.69, 9.17) is 0 Å². The Kier molecular flexibility index (Phi) is 3.34. The first-order valence-corrected chi connectivity index (χ1v) is 3.62. The fourth-order valence-corrected chi connectivity index (χ4v) is 0.825. The van der Waals surface area contributed by atoms with Crippen molar-refractivity contribution < 1.29 is 0 Å². The van der Waals surface area contributed by atoms with Gasteiger partial charge in [0.2, 0.25) is 0 Å². The summed E-state index contributed by atoms with van der Waals surface area (Å²) in [5.41, 5.74) is 1.30. The van der Waals surface area contributed by atoms with Gasteiger partial charge in [0, 0.05) is 18.2 Å². The molecule has 0 atom stereocenters. The highest BCUT2D eigenvalue weighted by Crippen LogP contribution is 2.18. The maximum Gasteiger partial charge on any atom is 0.0276 e. The second-order valence-corrected chi connectivity index (χ2v) is 3.03. The molecule has 0 aliphatic carbocycles. The van der Waals surface area contributed by atoms with Gasteiger partial charge in [-0.1, -0.05) is 26.0 Å². The summed E-state index contributed by atoms with van der Waals surface area (Å²) < 4.78 is 0. The van der Waals surface area contributed by atoms with Crippen LogP contribution < -0.4 is 0 Å². The van der Waals surface area contributed by atoms with Crippen LogP contribution in [0.25, 0.3) is 0 Å². The van der Waals surface area contributed by atoms with Crippen LogP contribution in [0.1, 0.15) is 27.7 Å². The van der Waals surface area contributed by atoms with Crippen LogP contribution in [0.2, 0.25) is 0 Å². The van der Waals surface area contributed by atoms with Gasteiger partial charge in [-0.25, -0.2) is 0 Å². The van der Waals surface area contributed by atoms with Gasteiger partial charge in [-0.15, -0.1) is 0 Å². The number of aliphatic imine (C=N–C) groups is 1. The van der Waals surface area contributed by atoms with Crippen LogP contribution in [0.4, 0.5) is 0 Å². The smallest absolute Gasteiger partial charge is 0.0276 e. The lowest BCUT2D eigenvalue weighted by atomic mass is 9.88. The highest BCUT2D eigenvalue weighted by molar-refractivity contribution is 5.88. The van der Waals surface area contributed by atoms with Gasteiger partial charge in [0.1, 0.15) is 0 Å². The molecule has 0 aliphatic rings. The molecule has 0 fully saturated rings. The minimum absolute atomic E-state index is 0.128. The fourth-order valence-electron chi connectivity index (χ4n) is 0.825. The molecule has 0 spiro atoms. The average molecular weight is 139 g/mol. The molecule has 1 heteroatoms. The molecule has 0 radical (unpaired) electrons. The molecule has 0 aromatic rings. The zero-order valence-corrected chi connectivity index (χ0v) is 7.60. The molecule has 0 saturated heterocycles. The lowest BCUT2D eigenvalue weighted by Gasteiger charge is -2.19. The standard InChI is InChI=1S/C9H17N/c1-6-7-9(3,4)8(2)10-5/h6-7H,1-5H3/b7-6-,10-8?. The average Bonchev–Trinajstić information content (AvgIpc) is 1.86. The predicted molar refractivity (Wildman–Crippen MR) is 47.6 cm³/mol. The Morgan fingerprint density at radius 1 is 1.40 bits per heavy atom. The van der Waals surface area contributed by atoms with Gasteiger partial charge in [-0.2, -0.15) is 0 Å². The summed E-state index contributed by atoms with van der Waals surface area (Å²) in [5, 5.41) is 0. The van der Waals surface area contributed by atoms with Crippen LogP contribution in [-0.4, -0.2) is 12.8 Å². The van der Waals surface area contributed by atoms with Gasteiger partial charge in [0.25, 0.3) is 0 Å². The number of nitrogens with zero attached hydrogens (tertiary/aromatic N) is 1. The first-order chi connectivity index (χ1) is 4.54. The van der Waals surface area contributed by atoms with Gasteiger partial charge in [0.05, 0.1) is 0 Å². The molecule has 0 N–H and O–H groups in total. The Bertz CT molecular complexity index is 152. The van der Waals surface area contributed by atoms with Crippen LogP contribution >= 0.6 is 0 Å². The molecule has 0 rings (SSSR count). The molecule has 0 aliphatic heterocycles. The van der Waals surface area contributed by atoms with Gasteiger partial charge >= 0.3 is 0 Å². The molecule has 0 bridgehead atoms. The summed E-state index contributed by atoms with van der Waals surface area (Å²) in [6, 6.07) is 0. The Hall–Kier alpha value is -0.590. The lowest BCUT2D eigenvalue weighted by molar-refractivity contribution is 0.670. The van der Waals surface area contributed by atoms with Gasteiger partial charge in [-0.3, -0.25) is 4.99 Å². The summed E-state index contributed by atoms with van der Waals surface area (Å²) in [4.78, 5) is 4.14. The maximum atomic E-state index is 4.14. The largest absolute Gasteiger partial charge is 0.297 e. The molecule has 0 aromatic heterocycles. The Labute approximate surface area is 63.9 Å². The van der Waals surface area contributed by atoms with Crippen LogP contribution in [0.15, 0.2) is 17.1 Å². The molecule has 0 amide bonds. The third kappa shape index (κ3) is 2.34. The lowest BCUT2D eigenvalue weighted by Crippen LogP contribution is -2.18. The van der Waals surface area contributed by atoms with E-state index >= 15 is 0 Å². The van der Waals surface area contributed by atoms with E-state index in [-0.39, 0.29) is 5.41 Å². The van der Waals surface area contributed by atoms with Gasteiger partial charge < -0.3 is 0 Å². The van der Waals surface area contributed by atoms with E-state index in [0.29, 0.717) is 0 Å². The summed E-state index contributed by atoms with van der Waals surface area (Å²) in [6.45, 7) is 8.41. The fraction of sp³-hybridized carbons (Fsp3) is 0.667. The van der Waals surface area contributed by atoms with E-state index in [2.05, 4.69) is 37.9 Å². The third-order valence-electron chi connectivity index (χ3n) is 1.85. The molecule has 0 heterocycles. The van der Waals surface area contributed by atoms with Crippen molar-refractivity contribution in [2.45, 2.75) is 27.7 Å². The summed E-state index contributed by atoms with van der Waals surface area (Å²) >= 11 is 0. The summed E-state index contributed by atoms with van der Waals surface area (Å²) in [7, 11) is 1.83. The predicted octanol–water partition coefficient (Wildman–Crippen LogP) is 2.68. The second-order valence-electron chi connectivity index (χ2n) is 3.03. The SMILES string of the molecule is C/C=C\C(C)(C)C(C)=NC. The molecular formula is C9H17N. The Balaban J connectivity index is 4.39. The van der Waals surface area contributed by atoms with Gasteiger partial charge in [-0.05, 0) is 13.8 Å². The number of allylic oxidation sites excluding steroid dienone is 2. The van der Waals surface area contributed by atoms with Crippen LogP contribution in [0.5, 0.6) is 0 Å². The minimum Gasteiger partial charge on any atom is -0.297 e.